The molecule has 96 valence electrons. The molecule has 0 aromatic carbocycles. The molecule has 1 aromatic rings. The van der Waals surface area contributed by atoms with Crippen LogP contribution in [0.4, 0.5) is 5.13 Å². The molecule has 0 amide bonds. The number of rotatable bonds is 8. The van der Waals surface area contributed by atoms with E-state index in [0.29, 0.717) is 0 Å². The van der Waals surface area contributed by atoms with Gasteiger partial charge in [-0.1, -0.05) is 19.8 Å². The third-order valence-electron chi connectivity index (χ3n) is 3.11. The zero-order chi connectivity index (χ0) is 12.1. The van der Waals surface area contributed by atoms with Gasteiger partial charge in [0.25, 0.3) is 0 Å². The highest BCUT2D eigenvalue weighted by Gasteiger charge is 2.20. The van der Waals surface area contributed by atoms with E-state index in [9.17, 15) is 0 Å². The first-order valence-corrected chi connectivity index (χ1v) is 7.56. The largest absolute Gasteiger partial charge is 0.351 e. The summed E-state index contributed by atoms with van der Waals surface area (Å²) in [7, 11) is 2.15. The van der Waals surface area contributed by atoms with Gasteiger partial charge in [-0.05, 0) is 19.3 Å². The molecule has 1 saturated carbocycles. The van der Waals surface area contributed by atoms with Crippen molar-refractivity contribution in [3.8, 4) is 0 Å². The van der Waals surface area contributed by atoms with E-state index < -0.39 is 0 Å². The number of nitrogens with one attached hydrogen (secondary N) is 1. The summed E-state index contributed by atoms with van der Waals surface area (Å²) in [5.41, 5.74) is 1.19. The number of hydrogen-bond acceptors (Lipinski definition) is 4. The summed E-state index contributed by atoms with van der Waals surface area (Å²) in [6, 6.07) is 0.766. The molecule has 0 bridgehead atoms. The van der Waals surface area contributed by atoms with Gasteiger partial charge in [0.05, 0.1) is 5.69 Å². The molecule has 3 nitrogen and oxygen atoms in total. The van der Waals surface area contributed by atoms with Gasteiger partial charge in [-0.3, -0.25) is 0 Å². The van der Waals surface area contributed by atoms with Crippen molar-refractivity contribution in [1.82, 2.24) is 10.3 Å². The summed E-state index contributed by atoms with van der Waals surface area (Å²) < 4.78 is 0. The molecule has 2 rings (SSSR count). The van der Waals surface area contributed by atoms with Gasteiger partial charge in [-0.25, -0.2) is 4.98 Å². The fourth-order valence-electron chi connectivity index (χ4n) is 1.78. The Balaban J connectivity index is 1.75. The van der Waals surface area contributed by atoms with Crippen molar-refractivity contribution in [3.05, 3.63) is 11.1 Å². The van der Waals surface area contributed by atoms with Crippen LogP contribution >= 0.6 is 11.3 Å². The number of hydrogen-bond donors (Lipinski definition) is 1. The smallest absolute Gasteiger partial charge is 0.185 e. The van der Waals surface area contributed by atoms with E-state index in [-0.39, 0.29) is 0 Å². The van der Waals surface area contributed by atoms with Gasteiger partial charge in [0.1, 0.15) is 0 Å². The first-order valence-electron chi connectivity index (χ1n) is 6.68. The Bertz CT molecular complexity index is 333. The Morgan fingerprint density at radius 2 is 2.29 bits per heavy atom. The molecule has 0 radical (unpaired) electrons. The molecule has 1 N–H and O–H groups in total. The lowest BCUT2D eigenvalue weighted by molar-refractivity contribution is 0.674. The van der Waals surface area contributed by atoms with Crippen LogP contribution in [0.3, 0.4) is 0 Å². The second-order valence-corrected chi connectivity index (χ2v) is 5.74. The highest BCUT2D eigenvalue weighted by Crippen LogP contribution is 2.22. The summed E-state index contributed by atoms with van der Waals surface area (Å²) >= 11 is 1.76. The lowest BCUT2D eigenvalue weighted by Gasteiger charge is -2.14. The van der Waals surface area contributed by atoms with Gasteiger partial charge in [0.2, 0.25) is 0 Å². The van der Waals surface area contributed by atoms with E-state index in [1.807, 2.05) is 0 Å². The SMILES string of the molecule is CCCCCN(C)c1nc(CNC2CC2)cs1. The predicted octanol–water partition coefficient (Wildman–Crippen LogP) is 3.02. The van der Waals surface area contributed by atoms with Crippen LogP contribution in [0.1, 0.15) is 44.7 Å². The summed E-state index contributed by atoms with van der Waals surface area (Å²) in [5.74, 6) is 0. The molecular formula is C13H23N3S. The normalized spacial score (nSPS) is 15.2. The number of anilines is 1. The second kappa shape index (κ2) is 6.36. The minimum Gasteiger partial charge on any atom is -0.351 e. The molecule has 0 spiro atoms. The molecule has 4 heteroatoms. The Labute approximate surface area is 108 Å². The quantitative estimate of drug-likeness (QED) is 0.722. The maximum Gasteiger partial charge on any atom is 0.185 e. The van der Waals surface area contributed by atoms with Gasteiger partial charge < -0.3 is 10.2 Å². The molecule has 0 aliphatic heterocycles. The Morgan fingerprint density at radius 1 is 1.47 bits per heavy atom. The van der Waals surface area contributed by atoms with Gasteiger partial charge in [0.15, 0.2) is 5.13 Å². The number of unbranched alkanes of at least 4 members (excludes halogenated alkanes) is 2. The summed E-state index contributed by atoms with van der Waals surface area (Å²) in [6.45, 7) is 4.30. The van der Waals surface area contributed by atoms with E-state index in [1.54, 1.807) is 11.3 Å². The zero-order valence-electron chi connectivity index (χ0n) is 10.9. The standard InChI is InChI=1S/C13H23N3S/c1-3-4-5-8-16(2)13-15-12(10-17-13)9-14-11-6-7-11/h10-11,14H,3-9H2,1-2H3. The number of aromatic nitrogens is 1. The molecule has 0 saturated heterocycles. The Morgan fingerprint density at radius 3 is 3.00 bits per heavy atom. The first-order chi connectivity index (χ1) is 8.29. The Hall–Kier alpha value is -0.610. The topological polar surface area (TPSA) is 28.2 Å². The van der Waals surface area contributed by atoms with Crippen LogP contribution in [-0.2, 0) is 6.54 Å². The van der Waals surface area contributed by atoms with Crippen LogP contribution in [0.15, 0.2) is 5.38 Å². The number of nitrogens with zero attached hydrogens (tertiary/aromatic N) is 2. The van der Waals surface area contributed by atoms with E-state index in [0.717, 1.165) is 24.3 Å². The lowest BCUT2D eigenvalue weighted by atomic mass is 10.2. The van der Waals surface area contributed by atoms with Crippen molar-refractivity contribution < 1.29 is 0 Å². The predicted molar refractivity (Wildman–Crippen MR) is 74.8 cm³/mol. The molecule has 1 fully saturated rings. The van der Waals surface area contributed by atoms with Crippen LogP contribution in [0.2, 0.25) is 0 Å². The summed E-state index contributed by atoms with van der Waals surface area (Å²) in [5, 5.41) is 6.85. The van der Waals surface area contributed by atoms with Crippen LogP contribution < -0.4 is 10.2 Å². The first kappa shape index (κ1) is 12.8. The van der Waals surface area contributed by atoms with Gasteiger partial charge in [-0.2, -0.15) is 0 Å². The van der Waals surface area contributed by atoms with Crippen LogP contribution in [-0.4, -0.2) is 24.6 Å². The van der Waals surface area contributed by atoms with E-state index in [2.05, 4.69) is 34.6 Å². The summed E-state index contributed by atoms with van der Waals surface area (Å²) in [6.07, 6.45) is 6.54. The number of thiazole rings is 1. The molecule has 1 aliphatic rings. The maximum atomic E-state index is 4.67. The average molecular weight is 253 g/mol. The van der Waals surface area contributed by atoms with Crippen molar-refractivity contribution in [2.45, 2.75) is 51.6 Å². The average Bonchev–Trinajstić information content (AvgIpc) is 3.04. The van der Waals surface area contributed by atoms with Crippen molar-refractivity contribution in [3.63, 3.8) is 0 Å². The Kier molecular flexibility index (Phi) is 4.80. The van der Waals surface area contributed by atoms with Crippen molar-refractivity contribution in [2.24, 2.45) is 0 Å². The zero-order valence-corrected chi connectivity index (χ0v) is 11.7. The van der Waals surface area contributed by atoms with Crippen molar-refractivity contribution >= 4 is 16.5 Å². The molecule has 1 aromatic heterocycles. The van der Waals surface area contributed by atoms with Crippen LogP contribution in [0.5, 0.6) is 0 Å². The molecule has 1 heterocycles. The molecule has 17 heavy (non-hydrogen) atoms. The van der Waals surface area contributed by atoms with Crippen LogP contribution in [0, 0.1) is 0 Å². The van der Waals surface area contributed by atoms with E-state index >= 15 is 0 Å². The van der Waals surface area contributed by atoms with Gasteiger partial charge in [0, 0.05) is 31.6 Å². The van der Waals surface area contributed by atoms with Gasteiger partial charge >= 0.3 is 0 Å². The monoisotopic (exact) mass is 253 g/mol. The second-order valence-electron chi connectivity index (χ2n) is 4.91. The minimum atomic E-state index is 0.766. The molecule has 0 atom stereocenters. The third kappa shape index (κ3) is 4.28. The molecule has 1 aliphatic carbocycles. The highest BCUT2D eigenvalue weighted by molar-refractivity contribution is 7.13. The van der Waals surface area contributed by atoms with E-state index in [1.165, 1.54) is 37.8 Å². The lowest BCUT2D eigenvalue weighted by Crippen LogP contribution is -2.19. The minimum absolute atomic E-state index is 0.766. The van der Waals surface area contributed by atoms with Crippen molar-refractivity contribution in [1.29, 1.82) is 0 Å². The van der Waals surface area contributed by atoms with Crippen molar-refractivity contribution in [2.75, 3.05) is 18.5 Å². The fourth-order valence-corrected chi connectivity index (χ4v) is 2.60. The van der Waals surface area contributed by atoms with Crippen LogP contribution in [0.25, 0.3) is 0 Å². The van der Waals surface area contributed by atoms with Gasteiger partial charge in [-0.15, -0.1) is 11.3 Å². The molecule has 0 unspecified atom stereocenters. The summed E-state index contributed by atoms with van der Waals surface area (Å²) in [4.78, 5) is 6.95. The maximum absolute atomic E-state index is 4.67. The highest BCUT2D eigenvalue weighted by atomic mass is 32.1. The molecular weight excluding hydrogens is 230 g/mol. The fraction of sp³-hybridized carbons (Fsp3) is 0.769. The van der Waals surface area contributed by atoms with E-state index in [4.69, 9.17) is 0 Å². The third-order valence-corrected chi connectivity index (χ3v) is 4.12.